The lowest BCUT2D eigenvalue weighted by Gasteiger charge is -2.29. The number of benzene rings is 1. The van der Waals surface area contributed by atoms with Crippen molar-refractivity contribution >= 4 is 5.69 Å². The molecular weight excluding hydrogens is 232 g/mol. The van der Waals surface area contributed by atoms with Crippen molar-refractivity contribution in [1.29, 1.82) is 0 Å². The van der Waals surface area contributed by atoms with Gasteiger partial charge in [0, 0.05) is 19.3 Å². The molecule has 2 rings (SSSR count). The van der Waals surface area contributed by atoms with E-state index in [1.54, 1.807) is 0 Å². The van der Waals surface area contributed by atoms with Crippen molar-refractivity contribution in [3.63, 3.8) is 0 Å². The fourth-order valence-electron chi connectivity index (χ4n) is 2.87. The maximum atomic E-state index is 3.50. The number of nitrogens with zero attached hydrogens (tertiary/aromatic N) is 1. The molecule has 1 fully saturated rings. The van der Waals surface area contributed by atoms with Gasteiger partial charge in [-0.3, -0.25) is 0 Å². The number of hydrogen-bond acceptors (Lipinski definition) is 2. The van der Waals surface area contributed by atoms with E-state index in [0.29, 0.717) is 5.92 Å². The van der Waals surface area contributed by atoms with E-state index in [9.17, 15) is 0 Å². The van der Waals surface area contributed by atoms with Crippen LogP contribution in [0.25, 0.3) is 0 Å². The van der Waals surface area contributed by atoms with Gasteiger partial charge in [-0.25, -0.2) is 0 Å². The van der Waals surface area contributed by atoms with Crippen LogP contribution in [0.1, 0.15) is 44.6 Å². The molecule has 1 N–H and O–H groups in total. The van der Waals surface area contributed by atoms with Gasteiger partial charge >= 0.3 is 0 Å². The predicted octanol–water partition coefficient (Wildman–Crippen LogP) is 3.64. The normalized spacial score (nSPS) is 21.1. The smallest absolute Gasteiger partial charge is 0.0363 e. The maximum Gasteiger partial charge on any atom is 0.0363 e. The molecule has 2 nitrogen and oxygen atoms in total. The number of rotatable bonds is 5. The topological polar surface area (TPSA) is 15.3 Å². The van der Waals surface area contributed by atoms with Crippen LogP contribution in [0.5, 0.6) is 0 Å². The lowest BCUT2D eigenvalue weighted by atomic mass is 9.97. The molecule has 1 saturated heterocycles. The fourth-order valence-corrected chi connectivity index (χ4v) is 2.87. The molecule has 0 bridgehead atoms. The van der Waals surface area contributed by atoms with E-state index in [1.165, 1.54) is 43.6 Å². The highest BCUT2D eigenvalue weighted by atomic mass is 15.1. The molecule has 19 heavy (non-hydrogen) atoms. The number of hydrogen-bond donors (Lipinski definition) is 1. The minimum atomic E-state index is 0.668. The zero-order valence-electron chi connectivity index (χ0n) is 12.7. The lowest BCUT2D eigenvalue weighted by Crippen LogP contribution is -2.36. The third-order valence-electron chi connectivity index (χ3n) is 4.45. The summed E-state index contributed by atoms with van der Waals surface area (Å²) in [5.74, 6) is 1.47. The molecule has 2 atom stereocenters. The van der Waals surface area contributed by atoms with Crippen LogP contribution in [0.4, 0.5) is 5.69 Å². The van der Waals surface area contributed by atoms with Crippen LogP contribution in [0.15, 0.2) is 24.3 Å². The van der Waals surface area contributed by atoms with E-state index in [0.717, 1.165) is 12.5 Å². The summed E-state index contributed by atoms with van der Waals surface area (Å²) in [6.07, 6.45) is 3.90. The highest BCUT2D eigenvalue weighted by molar-refractivity contribution is 5.47. The molecule has 1 aliphatic rings. The average Bonchev–Trinajstić information content (AvgIpc) is 2.47. The Bertz CT molecular complexity index is 365. The highest BCUT2D eigenvalue weighted by Gasteiger charge is 2.15. The van der Waals surface area contributed by atoms with E-state index in [2.05, 4.69) is 55.4 Å². The Morgan fingerprint density at radius 1 is 1.32 bits per heavy atom. The van der Waals surface area contributed by atoms with Crippen LogP contribution in [0.2, 0.25) is 0 Å². The van der Waals surface area contributed by atoms with Crippen molar-refractivity contribution in [2.75, 3.05) is 31.6 Å². The number of anilines is 1. The van der Waals surface area contributed by atoms with Crippen LogP contribution in [-0.4, -0.2) is 26.7 Å². The van der Waals surface area contributed by atoms with Crippen molar-refractivity contribution in [3.05, 3.63) is 29.8 Å². The van der Waals surface area contributed by atoms with Gasteiger partial charge in [0.25, 0.3) is 0 Å². The number of nitrogens with one attached hydrogen (secondary N) is 1. The van der Waals surface area contributed by atoms with E-state index in [-0.39, 0.29) is 0 Å². The van der Waals surface area contributed by atoms with E-state index < -0.39 is 0 Å². The second-order valence-corrected chi connectivity index (χ2v) is 5.99. The highest BCUT2D eigenvalue weighted by Crippen LogP contribution is 2.23. The summed E-state index contributed by atoms with van der Waals surface area (Å²) >= 11 is 0. The standard InChI is InChI=1S/C17H28N2/c1-4-14(2)16-7-9-17(10-8-16)19(3)13-15-6-5-11-18-12-15/h7-10,14-15,18H,4-6,11-13H2,1-3H3. The monoisotopic (exact) mass is 260 g/mol. The molecule has 2 heteroatoms. The molecule has 1 aliphatic heterocycles. The first-order valence-electron chi connectivity index (χ1n) is 7.72. The molecule has 0 aliphatic carbocycles. The molecule has 0 spiro atoms. The second kappa shape index (κ2) is 6.95. The summed E-state index contributed by atoms with van der Waals surface area (Å²) in [6, 6.07) is 9.13. The van der Waals surface area contributed by atoms with Gasteiger partial charge in [0.1, 0.15) is 0 Å². The van der Waals surface area contributed by atoms with Crippen molar-refractivity contribution in [1.82, 2.24) is 5.32 Å². The Kier molecular flexibility index (Phi) is 5.26. The first-order chi connectivity index (χ1) is 9.20. The molecule has 1 aromatic carbocycles. The van der Waals surface area contributed by atoms with Crippen LogP contribution in [0.3, 0.4) is 0 Å². The Balaban J connectivity index is 1.93. The average molecular weight is 260 g/mol. The molecule has 0 radical (unpaired) electrons. The Morgan fingerprint density at radius 2 is 2.05 bits per heavy atom. The van der Waals surface area contributed by atoms with Gasteiger partial charge in [-0.2, -0.15) is 0 Å². The van der Waals surface area contributed by atoms with Crippen molar-refractivity contribution in [3.8, 4) is 0 Å². The van der Waals surface area contributed by atoms with Gasteiger partial charge in [0.05, 0.1) is 0 Å². The predicted molar refractivity (Wildman–Crippen MR) is 84.0 cm³/mol. The summed E-state index contributed by atoms with van der Waals surface area (Å²) in [4.78, 5) is 2.40. The second-order valence-electron chi connectivity index (χ2n) is 5.99. The minimum absolute atomic E-state index is 0.668. The largest absolute Gasteiger partial charge is 0.374 e. The molecule has 1 aromatic rings. The molecule has 106 valence electrons. The third-order valence-corrected chi connectivity index (χ3v) is 4.45. The van der Waals surface area contributed by atoms with E-state index in [4.69, 9.17) is 0 Å². The minimum Gasteiger partial charge on any atom is -0.374 e. The zero-order valence-corrected chi connectivity index (χ0v) is 12.7. The zero-order chi connectivity index (χ0) is 13.7. The van der Waals surface area contributed by atoms with Crippen molar-refractivity contribution < 1.29 is 0 Å². The molecule has 0 aromatic heterocycles. The van der Waals surface area contributed by atoms with Gasteiger partial charge in [-0.1, -0.05) is 26.0 Å². The SMILES string of the molecule is CCC(C)c1ccc(N(C)CC2CCCNC2)cc1. The van der Waals surface area contributed by atoms with Gasteiger partial charge < -0.3 is 10.2 Å². The summed E-state index contributed by atoms with van der Waals surface area (Å²) in [6.45, 7) is 8.09. The Hall–Kier alpha value is -1.02. The summed E-state index contributed by atoms with van der Waals surface area (Å²) in [7, 11) is 2.22. The third kappa shape index (κ3) is 3.97. The molecule has 2 unspecified atom stereocenters. The molecule has 0 saturated carbocycles. The van der Waals surface area contributed by atoms with Crippen LogP contribution in [0, 0.1) is 5.92 Å². The van der Waals surface area contributed by atoms with Crippen LogP contribution in [-0.2, 0) is 0 Å². The summed E-state index contributed by atoms with van der Waals surface area (Å²) < 4.78 is 0. The van der Waals surface area contributed by atoms with Gasteiger partial charge in [0.2, 0.25) is 0 Å². The van der Waals surface area contributed by atoms with E-state index in [1.807, 2.05) is 0 Å². The lowest BCUT2D eigenvalue weighted by molar-refractivity contribution is 0.381. The number of piperidine rings is 1. The molecule has 1 heterocycles. The Morgan fingerprint density at radius 3 is 2.63 bits per heavy atom. The maximum absolute atomic E-state index is 3.50. The first-order valence-corrected chi connectivity index (χ1v) is 7.72. The van der Waals surface area contributed by atoms with Crippen molar-refractivity contribution in [2.45, 2.75) is 39.0 Å². The summed E-state index contributed by atoms with van der Waals surface area (Å²) in [5, 5.41) is 3.50. The van der Waals surface area contributed by atoms with Gasteiger partial charge in [-0.15, -0.1) is 0 Å². The van der Waals surface area contributed by atoms with E-state index >= 15 is 0 Å². The van der Waals surface area contributed by atoms with Crippen LogP contribution >= 0.6 is 0 Å². The first kappa shape index (κ1) is 14.4. The summed E-state index contributed by atoms with van der Waals surface area (Å²) in [5.41, 5.74) is 2.80. The van der Waals surface area contributed by atoms with Gasteiger partial charge in [-0.05, 0) is 61.9 Å². The van der Waals surface area contributed by atoms with Gasteiger partial charge in [0.15, 0.2) is 0 Å². The van der Waals surface area contributed by atoms with Crippen molar-refractivity contribution in [2.24, 2.45) is 5.92 Å². The molecular formula is C17H28N2. The fraction of sp³-hybridized carbons (Fsp3) is 0.647. The van der Waals surface area contributed by atoms with Crippen LogP contribution < -0.4 is 10.2 Å². The molecule has 0 amide bonds. The Labute approximate surface area is 118 Å². The quantitative estimate of drug-likeness (QED) is 0.869.